The Morgan fingerprint density at radius 2 is 2.15 bits per heavy atom. The summed E-state index contributed by atoms with van der Waals surface area (Å²) in [6, 6.07) is 12.2. The van der Waals surface area contributed by atoms with Crippen molar-refractivity contribution in [2.75, 3.05) is 29.9 Å². The van der Waals surface area contributed by atoms with Gasteiger partial charge in [-0.05, 0) is 37.6 Å². The molecule has 1 aromatic heterocycles. The van der Waals surface area contributed by atoms with E-state index in [4.69, 9.17) is 10.2 Å². The van der Waals surface area contributed by atoms with Gasteiger partial charge in [0.15, 0.2) is 0 Å². The number of anilines is 3. The average Bonchev–Trinajstić information content (AvgIpc) is 3.11. The number of aromatic nitrogens is 2. The molecule has 0 bridgehead atoms. The topological polar surface area (TPSA) is 76.9 Å². The Kier molecular flexibility index (Phi) is 6.03. The van der Waals surface area contributed by atoms with Gasteiger partial charge in [-0.15, -0.1) is 0 Å². The van der Waals surface area contributed by atoms with Gasteiger partial charge in [0.1, 0.15) is 5.82 Å². The van der Waals surface area contributed by atoms with Gasteiger partial charge >= 0.3 is 0 Å². The lowest BCUT2D eigenvalue weighted by atomic mass is 10.2. The average molecular weight is 350 g/mol. The minimum atomic E-state index is 0.522. The van der Waals surface area contributed by atoms with Crippen LogP contribution in [0.15, 0.2) is 30.3 Å². The maximum absolute atomic E-state index is 9.08. The van der Waals surface area contributed by atoms with Gasteiger partial charge in [0, 0.05) is 36.6 Å². The predicted molar refractivity (Wildman–Crippen MR) is 105 cm³/mol. The van der Waals surface area contributed by atoms with Crippen molar-refractivity contribution in [3.8, 4) is 6.07 Å². The van der Waals surface area contributed by atoms with E-state index in [0.29, 0.717) is 17.6 Å². The predicted octanol–water partition coefficient (Wildman–Crippen LogP) is 3.23. The third-order valence-corrected chi connectivity index (χ3v) is 4.52. The van der Waals surface area contributed by atoms with Gasteiger partial charge in [-0.3, -0.25) is 0 Å². The minimum absolute atomic E-state index is 0.522. The number of hydrogen-bond donors (Lipinski definition) is 2. The van der Waals surface area contributed by atoms with Crippen LogP contribution in [0.3, 0.4) is 0 Å². The lowest BCUT2D eigenvalue weighted by molar-refractivity contribution is 0.571. The molecule has 1 atom stereocenters. The maximum Gasteiger partial charge on any atom is 0.229 e. The quantitative estimate of drug-likeness (QED) is 0.798. The molecule has 0 radical (unpaired) electrons. The molecule has 1 aliphatic heterocycles. The van der Waals surface area contributed by atoms with E-state index in [0.717, 1.165) is 56.1 Å². The van der Waals surface area contributed by atoms with E-state index >= 15 is 0 Å². The van der Waals surface area contributed by atoms with Gasteiger partial charge in [0.05, 0.1) is 11.6 Å². The van der Waals surface area contributed by atoms with E-state index in [1.54, 1.807) is 6.07 Å². The fourth-order valence-corrected chi connectivity index (χ4v) is 3.30. The molecule has 136 valence electrons. The molecule has 3 rings (SSSR count). The van der Waals surface area contributed by atoms with E-state index < -0.39 is 0 Å². The SMILES string of the molecule is CCCc1cc(N2CC[C@H](NCC)C2)nc(Nc2cccc(C#N)c2)n1. The normalized spacial score (nSPS) is 16.5. The Bertz CT molecular complexity index is 782. The molecule has 26 heavy (non-hydrogen) atoms. The van der Waals surface area contributed by atoms with Crippen LogP contribution in [0.4, 0.5) is 17.5 Å². The van der Waals surface area contributed by atoms with E-state index in [1.165, 1.54) is 0 Å². The van der Waals surface area contributed by atoms with Crippen molar-refractivity contribution in [3.63, 3.8) is 0 Å². The summed E-state index contributed by atoms with van der Waals surface area (Å²) in [4.78, 5) is 11.7. The van der Waals surface area contributed by atoms with Crippen LogP contribution in [0.2, 0.25) is 0 Å². The Morgan fingerprint density at radius 1 is 1.27 bits per heavy atom. The molecule has 6 nitrogen and oxygen atoms in total. The van der Waals surface area contributed by atoms with Gasteiger partial charge in [-0.2, -0.15) is 10.2 Å². The Morgan fingerprint density at radius 3 is 2.92 bits per heavy atom. The highest BCUT2D eigenvalue weighted by Gasteiger charge is 2.23. The molecular weight excluding hydrogens is 324 g/mol. The van der Waals surface area contributed by atoms with Gasteiger partial charge in [-0.1, -0.05) is 26.3 Å². The molecule has 0 unspecified atom stereocenters. The summed E-state index contributed by atoms with van der Waals surface area (Å²) in [5.41, 5.74) is 2.49. The molecule has 0 saturated carbocycles. The summed E-state index contributed by atoms with van der Waals surface area (Å²) < 4.78 is 0. The van der Waals surface area contributed by atoms with Gasteiger partial charge in [0.2, 0.25) is 5.95 Å². The summed E-state index contributed by atoms with van der Waals surface area (Å²) >= 11 is 0. The Labute approximate surface area is 155 Å². The van der Waals surface area contributed by atoms with Crippen LogP contribution in [-0.2, 0) is 6.42 Å². The Hall–Kier alpha value is -2.65. The van der Waals surface area contributed by atoms with Crippen LogP contribution < -0.4 is 15.5 Å². The van der Waals surface area contributed by atoms with E-state index in [2.05, 4.69) is 46.5 Å². The number of aryl methyl sites for hydroxylation is 1. The van der Waals surface area contributed by atoms with Crippen molar-refractivity contribution in [2.24, 2.45) is 0 Å². The van der Waals surface area contributed by atoms with E-state index in [1.807, 2.05) is 18.2 Å². The summed E-state index contributed by atoms with van der Waals surface area (Å²) in [7, 11) is 0. The second-order valence-electron chi connectivity index (χ2n) is 6.60. The van der Waals surface area contributed by atoms with Crippen molar-refractivity contribution >= 4 is 17.5 Å². The van der Waals surface area contributed by atoms with Crippen LogP contribution in [0, 0.1) is 11.3 Å². The molecule has 1 saturated heterocycles. The van der Waals surface area contributed by atoms with Crippen molar-refractivity contribution in [1.82, 2.24) is 15.3 Å². The minimum Gasteiger partial charge on any atom is -0.355 e. The molecule has 0 spiro atoms. The van der Waals surface area contributed by atoms with E-state index in [-0.39, 0.29) is 0 Å². The van der Waals surface area contributed by atoms with Crippen LogP contribution in [0.5, 0.6) is 0 Å². The fraction of sp³-hybridized carbons (Fsp3) is 0.450. The number of benzene rings is 1. The third-order valence-electron chi connectivity index (χ3n) is 4.52. The number of nitriles is 1. The number of nitrogens with one attached hydrogen (secondary N) is 2. The summed E-state index contributed by atoms with van der Waals surface area (Å²) in [6.45, 7) is 7.27. The first-order valence-corrected chi connectivity index (χ1v) is 9.35. The zero-order valence-electron chi connectivity index (χ0n) is 15.5. The highest BCUT2D eigenvalue weighted by molar-refractivity contribution is 5.58. The van der Waals surface area contributed by atoms with Gasteiger partial charge in [-0.25, -0.2) is 4.98 Å². The van der Waals surface area contributed by atoms with Crippen molar-refractivity contribution in [1.29, 1.82) is 5.26 Å². The molecule has 1 aromatic carbocycles. The highest BCUT2D eigenvalue weighted by Crippen LogP contribution is 2.23. The second-order valence-corrected chi connectivity index (χ2v) is 6.60. The molecular formula is C20H26N6. The molecule has 0 aliphatic carbocycles. The molecule has 2 heterocycles. The van der Waals surface area contributed by atoms with E-state index in [9.17, 15) is 0 Å². The van der Waals surface area contributed by atoms with Crippen LogP contribution in [0.25, 0.3) is 0 Å². The molecule has 0 amide bonds. The number of rotatable bonds is 7. The monoisotopic (exact) mass is 350 g/mol. The second kappa shape index (κ2) is 8.63. The molecule has 2 aromatic rings. The first-order chi connectivity index (χ1) is 12.7. The number of nitrogens with zero attached hydrogens (tertiary/aromatic N) is 4. The van der Waals surface area contributed by atoms with Crippen LogP contribution in [0.1, 0.15) is 37.9 Å². The lowest BCUT2D eigenvalue weighted by Crippen LogP contribution is -2.32. The highest BCUT2D eigenvalue weighted by atomic mass is 15.3. The van der Waals surface area contributed by atoms with Crippen LogP contribution >= 0.6 is 0 Å². The molecule has 1 fully saturated rings. The molecule has 6 heteroatoms. The zero-order valence-corrected chi connectivity index (χ0v) is 15.5. The van der Waals surface area contributed by atoms with Crippen LogP contribution in [-0.4, -0.2) is 35.6 Å². The lowest BCUT2D eigenvalue weighted by Gasteiger charge is -2.19. The Balaban J connectivity index is 1.83. The fourth-order valence-electron chi connectivity index (χ4n) is 3.30. The molecule has 2 N–H and O–H groups in total. The van der Waals surface area contributed by atoms with Crippen molar-refractivity contribution in [3.05, 3.63) is 41.6 Å². The van der Waals surface area contributed by atoms with Crippen molar-refractivity contribution in [2.45, 2.75) is 39.2 Å². The first kappa shape index (κ1) is 18.2. The maximum atomic E-state index is 9.08. The molecule has 1 aliphatic rings. The summed E-state index contributed by atoms with van der Waals surface area (Å²) in [5, 5.41) is 15.9. The summed E-state index contributed by atoms with van der Waals surface area (Å²) in [5.74, 6) is 1.57. The standard InChI is InChI=1S/C20H26N6/c1-3-6-16-12-19(26-10-9-18(14-26)22-4-2)25-20(23-16)24-17-8-5-7-15(11-17)13-21/h5,7-8,11-12,18,22H,3-4,6,9-10,14H2,1-2H3,(H,23,24,25)/t18-/m0/s1. The van der Waals surface area contributed by atoms with Gasteiger partial charge in [0.25, 0.3) is 0 Å². The number of likely N-dealkylation sites (N-methyl/N-ethyl adjacent to an activating group) is 1. The smallest absolute Gasteiger partial charge is 0.229 e. The number of hydrogen-bond acceptors (Lipinski definition) is 6. The first-order valence-electron chi connectivity index (χ1n) is 9.35. The zero-order chi connectivity index (χ0) is 18.4. The van der Waals surface area contributed by atoms with Gasteiger partial charge < -0.3 is 15.5 Å². The van der Waals surface area contributed by atoms with Crippen molar-refractivity contribution < 1.29 is 0 Å². The third kappa shape index (κ3) is 4.50. The largest absolute Gasteiger partial charge is 0.355 e. The summed E-state index contributed by atoms with van der Waals surface area (Å²) in [6.07, 6.45) is 3.10.